The Labute approximate surface area is 164 Å². The Morgan fingerprint density at radius 1 is 1.25 bits per heavy atom. The van der Waals surface area contributed by atoms with Crippen LogP contribution in [0.5, 0.6) is 5.75 Å². The fourth-order valence-electron chi connectivity index (χ4n) is 2.86. The molecule has 0 radical (unpaired) electrons. The van der Waals surface area contributed by atoms with E-state index in [1.54, 1.807) is 26.0 Å². The van der Waals surface area contributed by atoms with Crippen LogP contribution in [0.1, 0.15) is 50.4 Å². The molecule has 0 aliphatic heterocycles. The fourth-order valence-corrected chi connectivity index (χ4v) is 2.86. The van der Waals surface area contributed by atoms with Gasteiger partial charge in [-0.3, -0.25) is 9.59 Å². The standard InChI is InChI=1S/C20H27N3O5/c1-4-16(25)22-18(13-9-10-13)20(27)28-12(3)17(11(2)21)23-19(26)14-7-5-6-8-15(14)24/h5-8,12-13,17-18,21,24H,4,9-10H2,1-3H3,(H,22,25)(H,23,26). The van der Waals surface area contributed by atoms with Gasteiger partial charge in [0.2, 0.25) is 5.91 Å². The molecule has 8 heteroatoms. The number of esters is 1. The lowest BCUT2D eigenvalue weighted by atomic mass is 10.1. The number of carbonyl (C=O) groups is 3. The summed E-state index contributed by atoms with van der Waals surface area (Å²) in [6.45, 7) is 4.78. The predicted molar refractivity (Wildman–Crippen MR) is 103 cm³/mol. The molecule has 2 amide bonds. The Bertz CT molecular complexity index is 760. The molecule has 3 atom stereocenters. The van der Waals surface area contributed by atoms with E-state index in [4.69, 9.17) is 10.1 Å². The number of hydrogen-bond donors (Lipinski definition) is 4. The molecule has 152 valence electrons. The third-order valence-corrected chi connectivity index (χ3v) is 4.66. The van der Waals surface area contributed by atoms with Crippen molar-refractivity contribution in [3.63, 3.8) is 0 Å². The number of nitrogens with one attached hydrogen (secondary N) is 3. The summed E-state index contributed by atoms with van der Waals surface area (Å²) >= 11 is 0. The van der Waals surface area contributed by atoms with Crippen LogP contribution in [0.4, 0.5) is 0 Å². The first-order valence-corrected chi connectivity index (χ1v) is 9.38. The lowest BCUT2D eigenvalue weighted by molar-refractivity contribution is -0.153. The molecule has 1 aliphatic rings. The van der Waals surface area contributed by atoms with Crippen LogP contribution in [0.25, 0.3) is 0 Å². The first-order chi connectivity index (χ1) is 13.2. The van der Waals surface area contributed by atoms with E-state index in [1.807, 2.05) is 0 Å². The zero-order chi connectivity index (χ0) is 20.8. The lowest BCUT2D eigenvalue weighted by Crippen LogP contribution is -2.51. The Balaban J connectivity index is 2.05. The SMILES string of the molecule is CCC(=O)NC(C(=O)OC(C)C(NC(=O)c1ccccc1O)C(C)=N)C1CC1. The van der Waals surface area contributed by atoms with Crippen molar-refractivity contribution in [1.82, 2.24) is 10.6 Å². The van der Waals surface area contributed by atoms with Gasteiger partial charge in [-0.25, -0.2) is 4.79 Å². The first-order valence-electron chi connectivity index (χ1n) is 9.38. The second kappa shape index (κ2) is 9.34. The fraction of sp³-hybridized carbons (Fsp3) is 0.500. The highest BCUT2D eigenvalue weighted by Crippen LogP contribution is 2.33. The van der Waals surface area contributed by atoms with Gasteiger partial charge in [-0.15, -0.1) is 0 Å². The number of para-hydroxylation sites is 1. The maximum absolute atomic E-state index is 12.6. The molecule has 1 aliphatic carbocycles. The minimum atomic E-state index is -0.863. The van der Waals surface area contributed by atoms with Crippen LogP contribution in [0.3, 0.4) is 0 Å². The average molecular weight is 389 g/mol. The quantitative estimate of drug-likeness (QED) is 0.378. The van der Waals surface area contributed by atoms with Gasteiger partial charge in [0.05, 0.1) is 5.56 Å². The number of carbonyl (C=O) groups excluding carboxylic acids is 3. The number of amides is 2. The maximum Gasteiger partial charge on any atom is 0.329 e. The zero-order valence-corrected chi connectivity index (χ0v) is 16.3. The van der Waals surface area contributed by atoms with Crippen LogP contribution < -0.4 is 10.6 Å². The van der Waals surface area contributed by atoms with Crippen molar-refractivity contribution in [2.75, 3.05) is 0 Å². The van der Waals surface area contributed by atoms with Crippen molar-refractivity contribution in [2.24, 2.45) is 5.92 Å². The average Bonchev–Trinajstić information content (AvgIpc) is 3.48. The van der Waals surface area contributed by atoms with E-state index in [2.05, 4.69) is 10.6 Å². The van der Waals surface area contributed by atoms with E-state index in [9.17, 15) is 19.5 Å². The summed E-state index contributed by atoms with van der Waals surface area (Å²) in [5.41, 5.74) is 0.169. The van der Waals surface area contributed by atoms with Gasteiger partial charge < -0.3 is 25.9 Å². The number of phenolic OH excluding ortho intramolecular Hbond substituents is 1. The summed E-state index contributed by atoms with van der Waals surface area (Å²) < 4.78 is 5.48. The summed E-state index contributed by atoms with van der Waals surface area (Å²) in [4.78, 5) is 36.7. The highest BCUT2D eigenvalue weighted by molar-refractivity contribution is 6.00. The minimum Gasteiger partial charge on any atom is -0.507 e. The second-order valence-corrected chi connectivity index (χ2v) is 7.03. The van der Waals surface area contributed by atoms with E-state index < -0.39 is 30.1 Å². The number of benzene rings is 1. The van der Waals surface area contributed by atoms with Crippen molar-refractivity contribution in [3.8, 4) is 5.75 Å². The molecule has 28 heavy (non-hydrogen) atoms. The van der Waals surface area contributed by atoms with Gasteiger partial charge >= 0.3 is 5.97 Å². The highest BCUT2D eigenvalue weighted by atomic mass is 16.5. The minimum absolute atomic E-state index is 0.0607. The van der Waals surface area contributed by atoms with Crippen molar-refractivity contribution in [3.05, 3.63) is 29.8 Å². The number of ether oxygens (including phenoxy) is 1. The highest BCUT2D eigenvalue weighted by Gasteiger charge is 2.39. The number of phenols is 1. The van der Waals surface area contributed by atoms with Crippen LogP contribution in [-0.4, -0.2) is 46.8 Å². The van der Waals surface area contributed by atoms with Gasteiger partial charge in [-0.05, 0) is 44.7 Å². The number of hydrogen-bond acceptors (Lipinski definition) is 6. The molecule has 0 bridgehead atoms. The molecule has 0 heterocycles. The van der Waals surface area contributed by atoms with Gasteiger partial charge in [0.25, 0.3) is 5.91 Å². The molecule has 8 nitrogen and oxygen atoms in total. The summed E-state index contributed by atoms with van der Waals surface area (Å²) in [5, 5.41) is 23.1. The zero-order valence-electron chi connectivity index (χ0n) is 16.3. The van der Waals surface area contributed by atoms with Crippen molar-refractivity contribution in [2.45, 2.75) is 58.2 Å². The Kier molecular flexibility index (Phi) is 7.14. The molecule has 1 aromatic rings. The Morgan fingerprint density at radius 3 is 2.43 bits per heavy atom. The van der Waals surface area contributed by atoms with Crippen LogP contribution in [0.15, 0.2) is 24.3 Å². The largest absolute Gasteiger partial charge is 0.507 e. The van der Waals surface area contributed by atoms with E-state index in [0.717, 1.165) is 12.8 Å². The molecule has 0 aromatic heterocycles. The molecule has 3 unspecified atom stereocenters. The van der Waals surface area contributed by atoms with Gasteiger partial charge in [-0.2, -0.15) is 0 Å². The molecule has 2 rings (SSSR count). The molecule has 1 saturated carbocycles. The van der Waals surface area contributed by atoms with Gasteiger partial charge in [0, 0.05) is 12.1 Å². The molecule has 0 spiro atoms. The van der Waals surface area contributed by atoms with Crippen molar-refractivity contribution < 1.29 is 24.2 Å². The summed E-state index contributed by atoms with van der Waals surface area (Å²) in [6.07, 6.45) is 1.13. The summed E-state index contributed by atoms with van der Waals surface area (Å²) in [6, 6.07) is 4.48. The molecular formula is C20H27N3O5. The molecule has 0 saturated heterocycles. The predicted octanol–water partition coefficient (Wildman–Crippen LogP) is 1.77. The summed E-state index contributed by atoms with van der Waals surface area (Å²) in [5.74, 6) is -1.49. The number of aromatic hydroxyl groups is 1. The van der Waals surface area contributed by atoms with Crippen LogP contribution in [-0.2, 0) is 14.3 Å². The van der Waals surface area contributed by atoms with Crippen molar-refractivity contribution >= 4 is 23.5 Å². The topological polar surface area (TPSA) is 129 Å². The van der Waals surface area contributed by atoms with Crippen molar-refractivity contribution in [1.29, 1.82) is 5.41 Å². The van der Waals surface area contributed by atoms with E-state index in [-0.39, 0.29) is 35.3 Å². The van der Waals surface area contributed by atoms with Crippen LogP contribution in [0, 0.1) is 11.3 Å². The molecule has 1 fully saturated rings. The van der Waals surface area contributed by atoms with Gasteiger partial charge in [0.1, 0.15) is 23.9 Å². The van der Waals surface area contributed by atoms with E-state index in [0.29, 0.717) is 0 Å². The van der Waals surface area contributed by atoms with Crippen LogP contribution in [0.2, 0.25) is 0 Å². The smallest absolute Gasteiger partial charge is 0.329 e. The van der Waals surface area contributed by atoms with E-state index in [1.165, 1.54) is 19.1 Å². The maximum atomic E-state index is 12.6. The normalized spacial score (nSPS) is 16.4. The third-order valence-electron chi connectivity index (χ3n) is 4.66. The van der Waals surface area contributed by atoms with E-state index >= 15 is 0 Å². The number of rotatable bonds is 9. The monoisotopic (exact) mass is 389 g/mol. The molecular weight excluding hydrogens is 362 g/mol. The van der Waals surface area contributed by atoms with Gasteiger partial charge in [0.15, 0.2) is 0 Å². The Hall–Kier alpha value is -2.90. The summed E-state index contributed by atoms with van der Waals surface area (Å²) in [7, 11) is 0. The second-order valence-electron chi connectivity index (χ2n) is 7.03. The van der Waals surface area contributed by atoms with Crippen LogP contribution >= 0.6 is 0 Å². The lowest BCUT2D eigenvalue weighted by Gasteiger charge is -2.27. The third kappa shape index (κ3) is 5.55. The first kappa shape index (κ1) is 21.4. The molecule has 1 aromatic carbocycles. The Morgan fingerprint density at radius 2 is 1.89 bits per heavy atom. The van der Waals surface area contributed by atoms with Gasteiger partial charge in [-0.1, -0.05) is 19.1 Å². The molecule has 4 N–H and O–H groups in total.